The number of ether oxygens (including phenoxy) is 1. The highest BCUT2D eigenvalue weighted by atomic mass is 16.5. The minimum absolute atomic E-state index is 0.147. The van der Waals surface area contributed by atoms with Crippen LogP contribution in [0.5, 0.6) is 0 Å². The molecule has 0 saturated heterocycles. The minimum atomic E-state index is -0.230. The summed E-state index contributed by atoms with van der Waals surface area (Å²) in [6.45, 7) is 3.53. The highest BCUT2D eigenvalue weighted by molar-refractivity contribution is 5.81. The van der Waals surface area contributed by atoms with Gasteiger partial charge < -0.3 is 4.74 Å². The summed E-state index contributed by atoms with van der Waals surface area (Å²) in [7, 11) is 0. The molecule has 2 nitrogen and oxygen atoms in total. The zero-order chi connectivity index (χ0) is 13.5. The summed E-state index contributed by atoms with van der Waals surface area (Å²) in [5, 5.41) is 0. The van der Waals surface area contributed by atoms with Gasteiger partial charge in [0, 0.05) is 6.08 Å². The van der Waals surface area contributed by atoms with Crippen LogP contribution in [0, 0.1) is 11.8 Å². The van der Waals surface area contributed by atoms with E-state index in [0.29, 0.717) is 5.92 Å². The molecule has 19 heavy (non-hydrogen) atoms. The first-order valence-corrected chi connectivity index (χ1v) is 8.14. The van der Waals surface area contributed by atoms with E-state index in [2.05, 4.69) is 6.58 Å². The lowest BCUT2D eigenvalue weighted by molar-refractivity contribution is -0.148. The van der Waals surface area contributed by atoms with Gasteiger partial charge in [0.1, 0.15) is 6.10 Å². The van der Waals surface area contributed by atoms with Crippen molar-refractivity contribution in [1.29, 1.82) is 0 Å². The minimum Gasteiger partial charge on any atom is -0.459 e. The standard InChI is InChI=1S/C17H28O2/c1-2-17(18)19-16-13-9-5-7-11-14-10-6-3-4-8-12-15(14)16/h2,14-16H,1,3-13H2. The van der Waals surface area contributed by atoms with Gasteiger partial charge in [-0.25, -0.2) is 4.79 Å². The van der Waals surface area contributed by atoms with E-state index in [-0.39, 0.29) is 12.1 Å². The van der Waals surface area contributed by atoms with E-state index in [9.17, 15) is 4.79 Å². The Kier molecular flexibility index (Phi) is 5.93. The number of fused-ring (bicyclic) bond motifs is 1. The van der Waals surface area contributed by atoms with Crippen molar-refractivity contribution >= 4 is 5.97 Å². The van der Waals surface area contributed by atoms with Crippen molar-refractivity contribution in [2.24, 2.45) is 11.8 Å². The van der Waals surface area contributed by atoms with E-state index in [1.807, 2.05) is 0 Å². The van der Waals surface area contributed by atoms with Gasteiger partial charge in [-0.15, -0.1) is 0 Å². The number of hydrogen-bond acceptors (Lipinski definition) is 2. The average molecular weight is 264 g/mol. The summed E-state index contributed by atoms with van der Waals surface area (Å²) >= 11 is 0. The van der Waals surface area contributed by atoms with E-state index in [4.69, 9.17) is 4.74 Å². The van der Waals surface area contributed by atoms with Crippen molar-refractivity contribution in [3.8, 4) is 0 Å². The Labute approximate surface area is 117 Å². The molecule has 0 bridgehead atoms. The van der Waals surface area contributed by atoms with Crippen molar-refractivity contribution < 1.29 is 9.53 Å². The van der Waals surface area contributed by atoms with Crippen LogP contribution in [0.15, 0.2) is 12.7 Å². The van der Waals surface area contributed by atoms with Gasteiger partial charge in [0.25, 0.3) is 0 Å². The third-order valence-electron chi connectivity index (χ3n) is 4.94. The first-order valence-electron chi connectivity index (χ1n) is 8.14. The largest absolute Gasteiger partial charge is 0.459 e. The van der Waals surface area contributed by atoms with E-state index >= 15 is 0 Å². The third-order valence-corrected chi connectivity index (χ3v) is 4.94. The molecule has 0 aromatic rings. The van der Waals surface area contributed by atoms with E-state index < -0.39 is 0 Å². The quantitative estimate of drug-likeness (QED) is 0.536. The highest BCUT2D eigenvalue weighted by Crippen LogP contribution is 2.38. The monoisotopic (exact) mass is 264 g/mol. The molecule has 0 N–H and O–H groups in total. The second kappa shape index (κ2) is 7.72. The predicted molar refractivity (Wildman–Crippen MR) is 77.8 cm³/mol. The molecule has 0 spiro atoms. The smallest absolute Gasteiger partial charge is 0.330 e. The Morgan fingerprint density at radius 3 is 2.16 bits per heavy atom. The number of rotatable bonds is 2. The third kappa shape index (κ3) is 4.36. The summed E-state index contributed by atoms with van der Waals surface area (Å²) < 4.78 is 5.68. The van der Waals surface area contributed by atoms with Crippen LogP contribution in [0.4, 0.5) is 0 Å². The number of hydrogen-bond donors (Lipinski definition) is 0. The lowest BCUT2D eigenvalue weighted by Gasteiger charge is -2.36. The molecule has 108 valence electrons. The molecule has 2 fully saturated rings. The lowest BCUT2D eigenvalue weighted by Crippen LogP contribution is -2.34. The van der Waals surface area contributed by atoms with Crippen molar-refractivity contribution in [3.63, 3.8) is 0 Å². The van der Waals surface area contributed by atoms with Gasteiger partial charge in [-0.2, -0.15) is 0 Å². The van der Waals surface area contributed by atoms with Crippen molar-refractivity contribution in [1.82, 2.24) is 0 Å². The Morgan fingerprint density at radius 1 is 0.895 bits per heavy atom. The maximum Gasteiger partial charge on any atom is 0.330 e. The van der Waals surface area contributed by atoms with Crippen LogP contribution in [0.25, 0.3) is 0 Å². The van der Waals surface area contributed by atoms with E-state index in [1.54, 1.807) is 0 Å². The molecule has 0 aliphatic heterocycles. The zero-order valence-corrected chi connectivity index (χ0v) is 12.1. The Bertz CT molecular complexity index is 294. The van der Waals surface area contributed by atoms with Gasteiger partial charge in [-0.1, -0.05) is 57.9 Å². The summed E-state index contributed by atoms with van der Waals surface area (Å²) in [6.07, 6.45) is 15.7. The molecular weight excluding hydrogens is 236 g/mol. The van der Waals surface area contributed by atoms with Gasteiger partial charge in [-0.3, -0.25) is 0 Å². The molecule has 0 aromatic carbocycles. The number of esters is 1. The molecule has 2 rings (SSSR count). The fourth-order valence-corrected chi connectivity index (χ4v) is 3.92. The SMILES string of the molecule is C=CC(=O)OC1CCCCCC2CCCCCCC21. The Balaban J connectivity index is 2.06. The van der Waals surface area contributed by atoms with Crippen LogP contribution in [-0.2, 0) is 9.53 Å². The molecule has 0 radical (unpaired) electrons. The predicted octanol–water partition coefficient (Wildman–Crippen LogP) is 4.63. The van der Waals surface area contributed by atoms with Gasteiger partial charge in [0.15, 0.2) is 0 Å². The fourth-order valence-electron chi connectivity index (χ4n) is 3.92. The van der Waals surface area contributed by atoms with Crippen LogP contribution >= 0.6 is 0 Å². The fraction of sp³-hybridized carbons (Fsp3) is 0.824. The van der Waals surface area contributed by atoms with Crippen LogP contribution in [-0.4, -0.2) is 12.1 Å². The van der Waals surface area contributed by atoms with Gasteiger partial charge in [0.2, 0.25) is 0 Å². The van der Waals surface area contributed by atoms with Crippen molar-refractivity contribution in [2.75, 3.05) is 0 Å². The van der Waals surface area contributed by atoms with Crippen LogP contribution in [0.1, 0.15) is 70.6 Å². The number of carbonyl (C=O) groups is 1. The van der Waals surface area contributed by atoms with E-state index in [0.717, 1.165) is 12.3 Å². The molecule has 3 unspecified atom stereocenters. The average Bonchev–Trinajstić information content (AvgIpc) is 2.37. The molecule has 0 heterocycles. The first-order chi connectivity index (χ1) is 9.31. The summed E-state index contributed by atoms with van der Waals surface area (Å²) in [5.41, 5.74) is 0. The molecule has 2 saturated carbocycles. The molecular formula is C17H28O2. The summed E-state index contributed by atoms with van der Waals surface area (Å²) in [5.74, 6) is 1.15. The molecule has 0 aromatic heterocycles. The zero-order valence-electron chi connectivity index (χ0n) is 12.1. The maximum atomic E-state index is 11.6. The van der Waals surface area contributed by atoms with Crippen molar-refractivity contribution in [3.05, 3.63) is 12.7 Å². The molecule has 2 aliphatic rings. The molecule has 3 atom stereocenters. The van der Waals surface area contributed by atoms with Crippen molar-refractivity contribution in [2.45, 2.75) is 76.7 Å². The van der Waals surface area contributed by atoms with E-state index in [1.165, 1.54) is 70.3 Å². The topological polar surface area (TPSA) is 26.3 Å². The second-order valence-corrected chi connectivity index (χ2v) is 6.23. The maximum absolute atomic E-state index is 11.6. The number of carbonyl (C=O) groups excluding carboxylic acids is 1. The normalized spacial score (nSPS) is 32.9. The molecule has 2 heteroatoms. The van der Waals surface area contributed by atoms with Crippen LogP contribution in [0.2, 0.25) is 0 Å². The summed E-state index contributed by atoms with van der Waals surface area (Å²) in [4.78, 5) is 11.6. The Hall–Kier alpha value is -0.790. The van der Waals surface area contributed by atoms with Gasteiger partial charge in [-0.05, 0) is 31.1 Å². The van der Waals surface area contributed by atoms with Crippen LogP contribution < -0.4 is 0 Å². The first kappa shape index (κ1) is 14.6. The Morgan fingerprint density at radius 2 is 1.47 bits per heavy atom. The molecule has 0 amide bonds. The lowest BCUT2D eigenvalue weighted by atomic mass is 9.73. The van der Waals surface area contributed by atoms with Gasteiger partial charge >= 0.3 is 5.97 Å². The van der Waals surface area contributed by atoms with Crippen LogP contribution in [0.3, 0.4) is 0 Å². The van der Waals surface area contributed by atoms with Gasteiger partial charge in [0.05, 0.1) is 0 Å². The second-order valence-electron chi connectivity index (χ2n) is 6.23. The molecule has 2 aliphatic carbocycles. The summed E-state index contributed by atoms with van der Waals surface area (Å²) in [6, 6.07) is 0. The highest BCUT2D eigenvalue weighted by Gasteiger charge is 2.32.